The smallest absolute Gasteiger partial charge is 0.216 e. The topological polar surface area (TPSA) is 72.2 Å². The van der Waals surface area contributed by atoms with E-state index in [1.165, 1.54) is 0 Å². The van der Waals surface area contributed by atoms with Crippen LogP contribution in [0.2, 0.25) is 0 Å². The summed E-state index contributed by atoms with van der Waals surface area (Å²) < 4.78 is 26.9. The normalized spacial score (nSPS) is 13.5. The second-order valence-electron chi connectivity index (χ2n) is 4.77. The Morgan fingerprint density at radius 1 is 1.15 bits per heavy atom. The van der Waals surface area contributed by atoms with Crippen LogP contribution in [-0.4, -0.2) is 20.2 Å². The van der Waals surface area contributed by atoms with Crippen LogP contribution in [0.4, 0.5) is 0 Å². The van der Waals surface area contributed by atoms with E-state index in [9.17, 15) is 8.42 Å². The van der Waals surface area contributed by atoms with E-state index in [0.717, 1.165) is 16.3 Å². The number of nitrogens with two attached hydrogens (primary N) is 1. The van der Waals surface area contributed by atoms with Gasteiger partial charge in [0.15, 0.2) is 0 Å². The molecule has 0 aliphatic carbocycles. The van der Waals surface area contributed by atoms with Crippen molar-refractivity contribution in [2.24, 2.45) is 5.73 Å². The number of benzene rings is 2. The molecule has 4 nitrogen and oxygen atoms in total. The molecule has 0 bridgehead atoms. The highest BCUT2D eigenvalue weighted by Crippen LogP contribution is 2.18. The number of rotatable bonds is 6. The average Bonchev–Trinajstić information content (AvgIpc) is 2.46. The van der Waals surface area contributed by atoms with Crippen LogP contribution in [0.25, 0.3) is 10.8 Å². The van der Waals surface area contributed by atoms with Gasteiger partial charge in [-0.1, -0.05) is 49.4 Å². The van der Waals surface area contributed by atoms with Crippen LogP contribution in [0.1, 0.15) is 18.9 Å². The minimum Gasteiger partial charge on any atom is -0.329 e. The third kappa shape index (κ3) is 3.17. The molecule has 0 fully saturated rings. The van der Waals surface area contributed by atoms with Crippen molar-refractivity contribution in [3.63, 3.8) is 0 Å². The lowest BCUT2D eigenvalue weighted by Crippen LogP contribution is -2.38. The van der Waals surface area contributed by atoms with Crippen LogP contribution in [0.3, 0.4) is 0 Å². The molecule has 108 valence electrons. The molecule has 0 aliphatic heterocycles. The Balaban J connectivity index is 2.22. The highest BCUT2D eigenvalue weighted by Gasteiger charge is 2.21. The fourth-order valence-corrected chi connectivity index (χ4v) is 3.54. The summed E-state index contributed by atoms with van der Waals surface area (Å²) in [7, 11) is -3.36. The van der Waals surface area contributed by atoms with Gasteiger partial charge < -0.3 is 5.73 Å². The molecule has 0 saturated heterocycles. The summed E-state index contributed by atoms with van der Waals surface area (Å²) in [5.74, 6) is 0. The van der Waals surface area contributed by atoms with Crippen molar-refractivity contribution >= 4 is 20.8 Å². The van der Waals surface area contributed by atoms with Crippen molar-refractivity contribution in [1.29, 1.82) is 0 Å². The van der Waals surface area contributed by atoms with Crippen LogP contribution in [-0.2, 0) is 16.6 Å². The number of hydrogen-bond donors (Lipinski definition) is 2. The highest BCUT2D eigenvalue weighted by atomic mass is 32.2. The van der Waals surface area contributed by atoms with Gasteiger partial charge in [-0.3, -0.25) is 0 Å². The molecule has 2 aromatic carbocycles. The predicted octanol–water partition coefficient (Wildman–Crippen LogP) is 2.00. The predicted molar refractivity (Wildman–Crippen MR) is 82.8 cm³/mol. The Morgan fingerprint density at radius 3 is 2.55 bits per heavy atom. The molecular weight excluding hydrogens is 272 g/mol. The van der Waals surface area contributed by atoms with E-state index in [2.05, 4.69) is 4.72 Å². The maximum atomic E-state index is 12.1. The summed E-state index contributed by atoms with van der Waals surface area (Å²) in [6.45, 7) is 2.26. The van der Waals surface area contributed by atoms with Crippen LogP contribution >= 0.6 is 0 Å². The fraction of sp³-hybridized carbons (Fsp3) is 0.333. The molecule has 0 radical (unpaired) electrons. The lowest BCUT2D eigenvalue weighted by Gasteiger charge is -2.15. The number of sulfonamides is 1. The first kappa shape index (κ1) is 15.0. The molecule has 2 aromatic rings. The minimum atomic E-state index is -3.36. The van der Waals surface area contributed by atoms with Crippen LogP contribution in [0.15, 0.2) is 42.5 Å². The summed E-state index contributed by atoms with van der Waals surface area (Å²) >= 11 is 0. The van der Waals surface area contributed by atoms with Crippen LogP contribution < -0.4 is 10.5 Å². The van der Waals surface area contributed by atoms with Gasteiger partial charge in [0.25, 0.3) is 0 Å². The third-order valence-electron chi connectivity index (χ3n) is 3.50. The summed E-state index contributed by atoms with van der Waals surface area (Å²) in [5.41, 5.74) is 6.48. The lowest BCUT2D eigenvalue weighted by atomic mass is 10.1. The van der Waals surface area contributed by atoms with Crippen molar-refractivity contribution in [3.05, 3.63) is 48.0 Å². The molecule has 20 heavy (non-hydrogen) atoms. The maximum Gasteiger partial charge on any atom is 0.216 e. The Bertz CT molecular complexity index is 674. The van der Waals surface area contributed by atoms with Gasteiger partial charge in [-0.25, -0.2) is 13.1 Å². The highest BCUT2D eigenvalue weighted by molar-refractivity contribution is 7.90. The Morgan fingerprint density at radius 2 is 1.85 bits per heavy atom. The second-order valence-corrected chi connectivity index (χ2v) is 6.82. The van der Waals surface area contributed by atoms with Gasteiger partial charge in [0.2, 0.25) is 10.0 Å². The monoisotopic (exact) mass is 292 g/mol. The van der Waals surface area contributed by atoms with Crippen LogP contribution in [0.5, 0.6) is 0 Å². The molecule has 1 atom stereocenters. The molecule has 0 heterocycles. The third-order valence-corrected chi connectivity index (χ3v) is 5.45. The molecule has 0 aromatic heterocycles. The summed E-state index contributed by atoms with van der Waals surface area (Å²) in [5, 5.41) is 1.64. The zero-order valence-electron chi connectivity index (χ0n) is 11.5. The Hall–Kier alpha value is -1.43. The number of nitrogens with one attached hydrogen (secondary N) is 1. The van der Waals surface area contributed by atoms with E-state index < -0.39 is 15.3 Å². The quantitative estimate of drug-likeness (QED) is 0.855. The van der Waals surface area contributed by atoms with Crippen molar-refractivity contribution in [1.82, 2.24) is 4.72 Å². The SMILES string of the molecule is CCC(CN)S(=O)(=O)NCc1cccc2ccccc12. The van der Waals surface area contributed by atoms with E-state index in [-0.39, 0.29) is 6.54 Å². The van der Waals surface area contributed by atoms with Crippen molar-refractivity contribution in [2.45, 2.75) is 25.1 Å². The average molecular weight is 292 g/mol. The van der Waals surface area contributed by atoms with E-state index in [1.807, 2.05) is 49.4 Å². The molecule has 0 amide bonds. The largest absolute Gasteiger partial charge is 0.329 e. The molecule has 3 N–H and O–H groups in total. The fourth-order valence-electron chi connectivity index (χ4n) is 2.26. The molecular formula is C15H20N2O2S. The zero-order chi connectivity index (χ0) is 14.6. The van der Waals surface area contributed by atoms with Gasteiger partial charge in [0.1, 0.15) is 0 Å². The van der Waals surface area contributed by atoms with E-state index in [0.29, 0.717) is 13.0 Å². The van der Waals surface area contributed by atoms with Crippen molar-refractivity contribution in [2.75, 3.05) is 6.54 Å². The Kier molecular flexibility index (Phi) is 4.75. The molecule has 0 saturated carbocycles. The molecule has 2 rings (SSSR count). The first-order chi connectivity index (χ1) is 9.58. The summed E-state index contributed by atoms with van der Waals surface area (Å²) in [4.78, 5) is 0. The van der Waals surface area contributed by atoms with Gasteiger partial charge in [0.05, 0.1) is 5.25 Å². The summed E-state index contributed by atoms with van der Waals surface area (Å²) in [6.07, 6.45) is 0.515. The minimum absolute atomic E-state index is 0.140. The first-order valence-corrected chi connectivity index (χ1v) is 8.28. The Labute approximate surface area is 120 Å². The van der Waals surface area contributed by atoms with E-state index >= 15 is 0 Å². The zero-order valence-corrected chi connectivity index (χ0v) is 12.4. The lowest BCUT2D eigenvalue weighted by molar-refractivity contribution is 0.561. The van der Waals surface area contributed by atoms with Gasteiger partial charge in [0, 0.05) is 13.1 Å². The van der Waals surface area contributed by atoms with Gasteiger partial charge in [-0.2, -0.15) is 0 Å². The van der Waals surface area contributed by atoms with E-state index in [4.69, 9.17) is 5.73 Å². The number of hydrogen-bond acceptors (Lipinski definition) is 3. The van der Waals surface area contributed by atoms with Crippen molar-refractivity contribution < 1.29 is 8.42 Å². The second kappa shape index (κ2) is 6.35. The standard InChI is InChI=1S/C15H20N2O2S/c1-2-14(10-16)20(18,19)17-11-13-8-5-7-12-6-3-4-9-15(12)13/h3-9,14,17H,2,10-11,16H2,1H3. The van der Waals surface area contributed by atoms with Gasteiger partial charge in [-0.05, 0) is 22.8 Å². The molecule has 5 heteroatoms. The van der Waals surface area contributed by atoms with Crippen LogP contribution in [0, 0.1) is 0 Å². The van der Waals surface area contributed by atoms with Gasteiger partial charge in [-0.15, -0.1) is 0 Å². The van der Waals surface area contributed by atoms with E-state index in [1.54, 1.807) is 0 Å². The molecule has 0 aliphatic rings. The maximum absolute atomic E-state index is 12.1. The molecule has 0 spiro atoms. The summed E-state index contributed by atoms with van der Waals surface area (Å²) in [6, 6.07) is 13.8. The van der Waals surface area contributed by atoms with Gasteiger partial charge >= 0.3 is 0 Å². The first-order valence-electron chi connectivity index (χ1n) is 6.73. The number of fused-ring (bicyclic) bond motifs is 1. The van der Waals surface area contributed by atoms with Crippen molar-refractivity contribution in [3.8, 4) is 0 Å². The molecule has 1 unspecified atom stereocenters.